The number of carboxylic acids is 1. The molecular formula is C29H39N3O10. The highest BCUT2D eigenvalue weighted by Crippen LogP contribution is 2.44. The second-order valence-electron chi connectivity index (χ2n) is 10.3. The first-order chi connectivity index (χ1) is 20.0. The Hall–Kier alpha value is -3.75. The van der Waals surface area contributed by atoms with Crippen molar-refractivity contribution in [3.8, 4) is 11.1 Å². The van der Waals surface area contributed by atoms with Gasteiger partial charge in [0.25, 0.3) is 0 Å². The van der Waals surface area contributed by atoms with E-state index in [1.807, 2.05) is 48.5 Å². The summed E-state index contributed by atoms with van der Waals surface area (Å²) < 4.78 is 5.43. The molecule has 3 amide bonds. The van der Waals surface area contributed by atoms with Crippen LogP contribution in [0.25, 0.3) is 11.1 Å². The first kappa shape index (κ1) is 32.8. The van der Waals surface area contributed by atoms with Crippen LogP contribution < -0.4 is 10.6 Å². The molecule has 0 spiro atoms. The van der Waals surface area contributed by atoms with Crippen molar-refractivity contribution in [2.45, 2.75) is 55.6 Å². The summed E-state index contributed by atoms with van der Waals surface area (Å²) in [7, 11) is 1.35. The minimum atomic E-state index is -1.80. The molecule has 0 saturated heterocycles. The highest BCUT2D eigenvalue weighted by Gasteiger charge is 2.32. The third-order valence-corrected chi connectivity index (χ3v) is 7.26. The Morgan fingerprint density at radius 2 is 1.48 bits per heavy atom. The first-order valence-corrected chi connectivity index (χ1v) is 13.7. The van der Waals surface area contributed by atoms with E-state index in [2.05, 4.69) is 10.6 Å². The summed E-state index contributed by atoms with van der Waals surface area (Å²) >= 11 is 0. The average Bonchev–Trinajstić information content (AvgIpc) is 3.31. The van der Waals surface area contributed by atoms with E-state index in [0.717, 1.165) is 27.2 Å². The Labute approximate surface area is 243 Å². The van der Waals surface area contributed by atoms with Gasteiger partial charge in [-0.05, 0) is 41.5 Å². The average molecular weight is 590 g/mol. The Kier molecular flexibility index (Phi) is 12.1. The van der Waals surface area contributed by atoms with Gasteiger partial charge in [-0.15, -0.1) is 0 Å². The Morgan fingerprint density at radius 3 is 2.05 bits per heavy atom. The number of ether oxygens (including phenoxy) is 1. The van der Waals surface area contributed by atoms with Crippen molar-refractivity contribution in [3.05, 3.63) is 59.7 Å². The van der Waals surface area contributed by atoms with Crippen molar-refractivity contribution in [2.75, 3.05) is 33.4 Å². The number of carboxylic acid groups (broad SMARTS) is 1. The van der Waals surface area contributed by atoms with E-state index in [4.69, 9.17) is 9.84 Å². The number of amides is 3. The number of fused-ring (bicyclic) bond motifs is 3. The number of alkyl carbamates (subject to hydrolysis) is 1. The van der Waals surface area contributed by atoms with Crippen LogP contribution in [0.3, 0.4) is 0 Å². The molecule has 0 heterocycles. The van der Waals surface area contributed by atoms with Crippen molar-refractivity contribution in [1.29, 1.82) is 0 Å². The van der Waals surface area contributed by atoms with E-state index in [1.165, 1.54) is 7.05 Å². The van der Waals surface area contributed by atoms with Crippen molar-refractivity contribution in [1.82, 2.24) is 15.5 Å². The molecule has 0 radical (unpaired) electrons. The maximum atomic E-state index is 12.5. The zero-order chi connectivity index (χ0) is 30.8. The minimum absolute atomic E-state index is 0.0540. The number of urea groups is 1. The van der Waals surface area contributed by atoms with Gasteiger partial charge in [0.15, 0.2) is 0 Å². The number of nitrogens with one attached hydrogen (secondary N) is 2. The van der Waals surface area contributed by atoms with Gasteiger partial charge in [-0.2, -0.15) is 0 Å². The highest BCUT2D eigenvalue weighted by molar-refractivity contribution is 5.81. The van der Waals surface area contributed by atoms with Gasteiger partial charge in [0, 0.05) is 19.5 Å². The molecule has 0 fully saturated rings. The summed E-state index contributed by atoms with van der Waals surface area (Å²) in [6.07, 6.45) is -6.82. The van der Waals surface area contributed by atoms with Gasteiger partial charge in [0.1, 0.15) is 37.1 Å². The minimum Gasteiger partial charge on any atom is -0.480 e. The van der Waals surface area contributed by atoms with Gasteiger partial charge >= 0.3 is 18.1 Å². The SMILES string of the molecule is CN(CC(O)C(O)C(O)C(O)CO)C(=O)NCCCCC(NC(=O)OCC1c2ccccc2-c2ccccc21)C(=O)O. The van der Waals surface area contributed by atoms with Crippen LogP contribution in [0.1, 0.15) is 36.3 Å². The van der Waals surface area contributed by atoms with E-state index in [9.17, 15) is 39.9 Å². The lowest BCUT2D eigenvalue weighted by atomic mass is 9.98. The van der Waals surface area contributed by atoms with Crippen molar-refractivity contribution < 1.29 is 49.8 Å². The number of aliphatic hydroxyl groups is 5. The van der Waals surface area contributed by atoms with E-state index in [1.54, 1.807) is 0 Å². The van der Waals surface area contributed by atoms with Crippen molar-refractivity contribution in [2.24, 2.45) is 0 Å². The van der Waals surface area contributed by atoms with E-state index >= 15 is 0 Å². The molecule has 0 aliphatic heterocycles. The largest absolute Gasteiger partial charge is 0.480 e. The third-order valence-electron chi connectivity index (χ3n) is 7.26. The van der Waals surface area contributed by atoms with Gasteiger partial charge in [-0.25, -0.2) is 14.4 Å². The maximum Gasteiger partial charge on any atom is 0.407 e. The number of aliphatic carboxylic acids is 1. The molecule has 1 aliphatic carbocycles. The molecule has 0 saturated carbocycles. The number of nitrogens with zero attached hydrogens (tertiary/aromatic N) is 1. The summed E-state index contributed by atoms with van der Waals surface area (Å²) in [6.45, 7) is -0.956. The monoisotopic (exact) mass is 589 g/mol. The van der Waals surface area contributed by atoms with E-state index in [0.29, 0.717) is 12.8 Å². The van der Waals surface area contributed by atoms with Crippen molar-refractivity contribution in [3.63, 3.8) is 0 Å². The zero-order valence-electron chi connectivity index (χ0n) is 23.3. The molecule has 0 bridgehead atoms. The molecule has 8 N–H and O–H groups in total. The standard InChI is InChI=1S/C29H39N3O10/c1-32(14-23(34)25(36)26(37)24(35)15-33)28(40)30-13-7-6-12-22(27(38)39)31-29(41)42-16-21-19-10-4-2-8-17(19)18-9-3-5-11-20(18)21/h2-5,8-11,21-26,33-37H,6-7,12-16H2,1H3,(H,30,40)(H,31,41)(H,38,39). The topological polar surface area (TPSA) is 209 Å². The number of likely N-dealkylation sites (N-methyl/N-ethyl adjacent to an activating group) is 1. The predicted octanol–water partition coefficient (Wildman–Crippen LogP) is 0.226. The van der Waals surface area contributed by atoms with Crippen molar-refractivity contribution >= 4 is 18.1 Å². The number of aliphatic hydroxyl groups excluding tert-OH is 5. The maximum absolute atomic E-state index is 12.5. The lowest BCUT2D eigenvalue weighted by molar-refractivity contribution is -0.139. The Balaban J connectivity index is 1.39. The van der Waals surface area contributed by atoms with Crippen LogP contribution in [-0.2, 0) is 9.53 Å². The fourth-order valence-electron chi connectivity index (χ4n) is 4.88. The molecule has 5 unspecified atom stereocenters. The fraction of sp³-hybridized carbons (Fsp3) is 0.483. The van der Waals surface area contributed by atoms with Crippen LogP contribution in [0, 0.1) is 0 Å². The predicted molar refractivity (Wildman–Crippen MR) is 151 cm³/mol. The molecule has 13 heteroatoms. The second-order valence-corrected chi connectivity index (χ2v) is 10.3. The zero-order valence-corrected chi connectivity index (χ0v) is 23.3. The lowest BCUT2D eigenvalue weighted by Crippen LogP contribution is -2.51. The molecular weight excluding hydrogens is 550 g/mol. The number of hydrogen-bond acceptors (Lipinski definition) is 9. The van der Waals surface area contributed by atoms with Crippen LogP contribution in [0.4, 0.5) is 9.59 Å². The quantitative estimate of drug-likeness (QED) is 0.133. The summed E-state index contributed by atoms with van der Waals surface area (Å²) in [6, 6.07) is 14.0. The third kappa shape index (κ3) is 8.39. The summed E-state index contributed by atoms with van der Waals surface area (Å²) in [5.41, 5.74) is 4.24. The number of benzene rings is 2. The number of rotatable bonds is 15. The van der Waals surface area contributed by atoms with Crippen LogP contribution >= 0.6 is 0 Å². The molecule has 5 atom stereocenters. The van der Waals surface area contributed by atoms with Gasteiger partial charge in [0.05, 0.1) is 13.2 Å². The summed E-state index contributed by atoms with van der Waals surface area (Å²) in [4.78, 5) is 37.5. The molecule has 2 aromatic rings. The van der Waals surface area contributed by atoms with Crippen LogP contribution in [0.15, 0.2) is 48.5 Å². The molecule has 1 aliphatic rings. The van der Waals surface area contributed by atoms with E-state index in [-0.39, 0.29) is 32.0 Å². The highest BCUT2D eigenvalue weighted by atomic mass is 16.5. The fourth-order valence-corrected chi connectivity index (χ4v) is 4.88. The molecule has 2 aromatic carbocycles. The number of carbonyl (C=O) groups is 3. The molecule has 13 nitrogen and oxygen atoms in total. The number of hydrogen-bond donors (Lipinski definition) is 8. The molecule has 230 valence electrons. The smallest absolute Gasteiger partial charge is 0.407 e. The Bertz CT molecular complexity index is 1170. The number of unbranched alkanes of at least 4 members (excludes halogenated alkanes) is 1. The Morgan fingerprint density at radius 1 is 0.905 bits per heavy atom. The lowest BCUT2D eigenvalue weighted by Gasteiger charge is -2.28. The van der Waals surface area contributed by atoms with Gasteiger partial charge in [-0.1, -0.05) is 48.5 Å². The summed E-state index contributed by atoms with van der Waals surface area (Å²) in [5, 5.41) is 62.3. The molecule has 42 heavy (non-hydrogen) atoms. The molecule has 3 rings (SSSR count). The summed E-state index contributed by atoms with van der Waals surface area (Å²) in [5.74, 6) is -1.37. The normalized spacial score (nSPS) is 15.9. The van der Waals surface area contributed by atoms with Gasteiger partial charge < -0.3 is 50.9 Å². The van der Waals surface area contributed by atoms with Gasteiger partial charge in [-0.3, -0.25) is 0 Å². The first-order valence-electron chi connectivity index (χ1n) is 13.7. The van der Waals surface area contributed by atoms with Crippen LogP contribution in [0.5, 0.6) is 0 Å². The second kappa shape index (κ2) is 15.5. The number of carbonyl (C=O) groups excluding carboxylic acids is 2. The van der Waals surface area contributed by atoms with Crippen LogP contribution in [0.2, 0.25) is 0 Å². The molecule has 0 aromatic heterocycles. The van der Waals surface area contributed by atoms with E-state index < -0.39 is 55.2 Å². The van der Waals surface area contributed by atoms with Gasteiger partial charge in [0.2, 0.25) is 0 Å². The van der Waals surface area contributed by atoms with Crippen LogP contribution in [-0.4, -0.2) is 117 Å².